The lowest BCUT2D eigenvalue weighted by Crippen LogP contribution is -2.56. The van der Waals surface area contributed by atoms with Gasteiger partial charge in [-0.3, -0.25) is 19.3 Å². The predicted molar refractivity (Wildman–Crippen MR) is 64.6 cm³/mol. The summed E-state index contributed by atoms with van der Waals surface area (Å²) in [6, 6.07) is -0.694. The third-order valence-electron chi connectivity index (χ3n) is 3.97. The predicted octanol–water partition coefficient (Wildman–Crippen LogP) is -0.608. The lowest BCUT2D eigenvalue weighted by molar-refractivity contribution is -0.138. The lowest BCUT2D eigenvalue weighted by Gasteiger charge is -2.27. The molecule has 0 aromatic carbocycles. The average Bonchev–Trinajstić information content (AvgIpc) is 2.93. The molecule has 6 heteroatoms. The molecule has 6 nitrogen and oxygen atoms in total. The fraction of sp³-hybridized carbons (Fsp3) is 0.750. The summed E-state index contributed by atoms with van der Waals surface area (Å²) < 4.78 is 0. The van der Waals surface area contributed by atoms with E-state index in [0.717, 1.165) is 24.3 Å². The number of nitrogens with zero attached hydrogens (tertiary/aromatic N) is 1. The van der Waals surface area contributed by atoms with E-state index in [-0.39, 0.29) is 24.1 Å². The Morgan fingerprint density at radius 2 is 2.28 bits per heavy atom. The Morgan fingerprint density at radius 3 is 2.72 bits per heavy atom. The van der Waals surface area contributed by atoms with Crippen LogP contribution < -0.4 is 10.6 Å². The van der Waals surface area contributed by atoms with E-state index in [0.29, 0.717) is 6.42 Å². The maximum absolute atomic E-state index is 12.3. The third kappa shape index (κ3) is 2.01. The van der Waals surface area contributed by atoms with Crippen LogP contribution in [0.15, 0.2) is 0 Å². The van der Waals surface area contributed by atoms with Crippen LogP contribution in [-0.4, -0.2) is 47.8 Å². The van der Waals surface area contributed by atoms with Crippen LogP contribution in [0.3, 0.4) is 0 Å². The molecule has 0 saturated carbocycles. The molecule has 0 spiro atoms. The molecule has 0 aromatic heterocycles. The molecule has 2 unspecified atom stereocenters. The summed E-state index contributed by atoms with van der Waals surface area (Å²) in [5.41, 5.74) is -0.565. The number of likely N-dealkylation sites (N-methyl/N-ethyl adjacent to an activating group) is 1. The second-order valence-corrected chi connectivity index (χ2v) is 4.99. The van der Waals surface area contributed by atoms with Crippen molar-refractivity contribution < 1.29 is 14.4 Å². The topological polar surface area (TPSA) is 78.5 Å². The van der Waals surface area contributed by atoms with Gasteiger partial charge in [0, 0.05) is 7.05 Å². The first kappa shape index (κ1) is 13.0. The van der Waals surface area contributed by atoms with E-state index < -0.39 is 11.6 Å². The summed E-state index contributed by atoms with van der Waals surface area (Å²) in [4.78, 5) is 36.4. The Labute approximate surface area is 106 Å². The van der Waals surface area contributed by atoms with E-state index in [9.17, 15) is 14.4 Å². The molecule has 0 bridgehead atoms. The van der Waals surface area contributed by atoms with Crippen LogP contribution in [-0.2, 0) is 14.4 Å². The summed E-state index contributed by atoms with van der Waals surface area (Å²) in [7, 11) is 1.44. The molecule has 2 aliphatic heterocycles. The van der Waals surface area contributed by atoms with Gasteiger partial charge in [-0.1, -0.05) is 6.92 Å². The zero-order chi connectivity index (χ0) is 13.3. The van der Waals surface area contributed by atoms with Gasteiger partial charge in [0.15, 0.2) is 0 Å². The van der Waals surface area contributed by atoms with Gasteiger partial charge in [-0.05, 0) is 25.8 Å². The number of imide groups is 1. The first-order valence-corrected chi connectivity index (χ1v) is 6.36. The molecule has 2 aliphatic rings. The molecule has 3 amide bonds. The van der Waals surface area contributed by atoms with E-state index in [1.165, 1.54) is 7.05 Å². The first-order valence-electron chi connectivity index (χ1n) is 6.36. The summed E-state index contributed by atoms with van der Waals surface area (Å²) in [5, 5.41) is 5.92. The number of likely N-dealkylation sites (tertiary alicyclic amines) is 1. The highest BCUT2D eigenvalue weighted by molar-refractivity contribution is 6.07. The number of carbonyl (C=O) groups excluding carboxylic acids is 3. The molecule has 2 rings (SSSR count). The van der Waals surface area contributed by atoms with E-state index in [4.69, 9.17) is 0 Å². The van der Waals surface area contributed by atoms with Gasteiger partial charge in [0.1, 0.15) is 6.04 Å². The smallest absolute Gasteiger partial charge is 0.252 e. The highest BCUT2D eigenvalue weighted by Gasteiger charge is 2.43. The lowest BCUT2D eigenvalue weighted by atomic mass is 9.92. The minimum absolute atomic E-state index is 0.0703. The molecular formula is C12H19N3O3. The molecule has 2 fully saturated rings. The highest BCUT2D eigenvalue weighted by atomic mass is 16.2. The molecule has 0 radical (unpaired) electrons. The van der Waals surface area contributed by atoms with E-state index in [2.05, 4.69) is 10.6 Å². The van der Waals surface area contributed by atoms with Gasteiger partial charge in [0.2, 0.25) is 11.8 Å². The number of carbonyl (C=O) groups is 3. The van der Waals surface area contributed by atoms with Gasteiger partial charge < -0.3 is 10.6 Å². The Bertz CT molecular complexity index is 388. The van der Waals surface area contributed by atoms with Crippen LogP contribution in [0.1, 0.15) is 32.6 Å². The van der Waals surface area contributed by atoms with Crippen molar-refractivity contribution in [3.05, 3.63) is 0 Å². The van der Waals surface area contributed by atoms with E-state index in [1.807, 2.05) is 6.92 Å². The first-order chi connectivity index (χ1) is 8.50. The third-order valence-corrected chi connectivity index (χ3v) is 3.97. The maximum atomic E-state index is 12.3. The van der Waals surface area contributed by atoms with Gasteiger partial charge >= 0.3 is 0 Å². The number of hydrogen-bond donors (Lipinski definition) is 2. The summed E-state index contributed by atoms with van der Waals surface area (Å²) >= 11 is 0. The average molecular weight is 253 g/mol. The fourth-order valence-electron chi connectivity index (χ4n) is 2.63. The van der Waals surface area contributed by atoms with Crippen LogP contribution in [0.4, 0.5) is 0 Å². The fourth-order valence-corrected chi connectivity index (χ4v) is 2.63. The summed E-state index contributed by atoms with van der Waals surface area (Å²) in [6.07, 6.45) is 2.49. The second kappa shape index (κ2) is 4.68. The zero-order valence-corrected chi connectivity index (χ0v) is 10.8. The van der Waals surface area contributed by atoms with Gasteiger partial charge in [0.05, 0.1) is 12.0 Å². The molecule has 18 heavy (non-hydrogen) atoms. The van der Waals surface area contributed by atoms with Crippen LogP contribution in [0, 0.1) is 0 Å². The number of hydrogen-bond acceptors (Lipinski definition) is 4. The Morgan fingerprint density at radius 1 is 1.56 bits per heavy atom. The van der Waals surface area contributed by atoms with Crippen molar-refractivity contribution in [2.45, 2.75) is 44.2 Å². The number of nitrogens with one attached hydrogen (secondary N) is 2. The van der Waals surface area contributed by atoms with Crippen LogP contribution in [0.25, 0.3) is 0 Å². The second-order valence-electron chi connectivity index (χ2n) is 4.99. The summed E-state index contributed by atoms with van der Waals surface area (Å²) in [6.45, 7) is 2.77. The monoisotopic (exact) mass is 253 g/mol. The van der Waals surface area contributed by atoms with Crippen molar-refractivity contribution in [2.24, 2.45) is 0 Å². The van der Waals surface area contributed by atoms with Crippen molar-refractivity contribution >= 4 is 17.7 Å². The highest BCUT2D eigenvalue weighted by Crippen LogP contribution is 2.24. The van der Waals surface area contributed by atoms with Gasteiger partial charge in [-0.15, -0.1) is 0 Å². The molecule has 2 atom stereocenters. The molecule has 0 aromatic rings. The minimum Gasteiger partial charge on any atom is -0.342 e. The van der Waals surface area contributed by atoms with Crippen LogP contribution in [0.5, 0.6) is 0 Å². The molecule has 2 N–H and O–H groups in total. The van der Waals surface area contributed by atoms with Crippen LogP contribution >= 0.6 is 0 Å². The Kier molecular flexibility index (Phi) is 3.38. The number of rotatable bonds is 3. The minimum atomic E-state index is -0.694. The standard InChI is InChI=1S/C12H19N3O3/c1-3-12(5-4-6-13-12)11(18)14-8-7-9(16)15(2)10(8)17/h8,13H,3-7H2,1-2H3,(H,14,18). The van der Waals surface area contributed by atoms with Crippen molar-refractivity contribution in [3.8, 4) is 0 Å². The SMILES string of the molecule is CCC1(C(=O)NC2CC(=O)N(C)C2=O)CCCN1. The van der Waals surface area contributed by atoms with Crippen molar-refractivity contribution in [1.82, 2.24) is 15.5 Å². The quantitative estimate of drug-likeness (QED) is 0.658. The molecule has 100 valence electrons. The zero-order valence-electron chi connectivity index (χ0n) is 10.8. The van der Waals surface area contributed by atoms with E-state index >= 15 is 0 Å². The van der Waals surface area contributed by atoms with Crippen molar-refractivity contribution in [3.63, 3.8) is 0 Å². The van der Waals surface area contributed by atoms with Crippen LogP contribution in [0.2, 0.25) is 0 Å². The number of amides is 3. The van der Waals surface area contributed by atoms with Gasteiger partial charge in [0.25, 0.3) is 5.91 Å². The maximum Gasteiger partial charge on any atom is 0.252 e. The van der Waals surface area contributed by atoms with Gasteiger partial charge in [-0.2, -0.15) is 0 Å². The molecule has 2 saturated heterocycles. The Balaban J connectivity index is 2.04. The Hall–Kier alpha value is -1.43. The largest absolute Gasteiger partial charge is 0.342 e. The molecule has 2 heterocycles. The molecule has 0 aliphatic carbocycles. The van der Waals surface area contributed by atoms with Crippen molar-refractivity contribution in [1.29, 1.82) is 0 Å². The van der Waals surface area contributed by atoms with Crippen molar-refractivity contribution in [2.75, 3.05) is 13.6 Å². The normalized spacial score (nSPS) is 32.1. The summed E-state index contributed by atoms with van der Waals surface area (Å²) in [5.74, 6) is -0.725. The molecular weight excluding hydrogens is 234 g/mol. The van der Waals surface area contributed by atoms with E-state index in [1.54, 1.807) is 0 Å². The van der Waals surface area contributed by atoms with Gasteiger partial charge in [-0.25, -0.2) is 0 Å².